The lowest BCUT2D eigenvalue weighted by Gasteiger charge is -2.41. The standard InChI is InChI=1S/C38H31O2P2/c39-37(40)38(41(31-19-7-1-8-20-31,32-21-9-2-10-22-32)33-23-11-3-12-24-33)42(34-25-13-4-14-26-34,35-27-15-5-16-28-35)36-29-17-6-18-30-36/h1-30,38H/q+1. The highest BCUT2D eigenvalue weighted by Crippen LogP contribution is 2.76. The van der Waals surface area contributed by atoms with Gasteiger partial charge in [-0.1, -0.05) is 109 Å². The summed E-state index contributed by atoms with van der Waals surface area (Å²) in [6.07, 6.45) is 0. The van der Waals surface area contributed by atoms with Gasteiger partial charge in [0.1, 0.15) is 37.8 Å². The predicted octanol–water partition coefficient (Wildman–Crippen LogP) is 5.05. The Morgan fingerprint density at radius 3 is 0.667 bits per heavy atom. The summed E-state index contributed by atoms with van der Waals surface area (Å²) in [5.74, 6) is -1.04. The lowest BCUT2D eigenvalue weighted by Crippen LogP contribution is -2.54. The van der Waals surface area contributed by atoms with Crippen molar-refractivity contribution >= 4 is 52.3 Å². The van der Waals surface area contributed by atoms with Crippen molar-refractivity contribution in [3.8, 4) is 0 Å². The molecule has 42 heavy (non-hydrogen) atoms. The molecular formula is C38H31O2P2+. The average Bonchev–Trinajstić information content (AvgIpc) is 3.07. The maximum Gasteiger partial charge on any atom is 0.235 e. The second kappa shape index (κ2) is 12.3. The number of hydrogen-bond donors (Lipinski definition) is 0. The minimum absolute atomic E-state index is 0.899. The van der Waals surface area contributed by atoms with Crippen LogP contribution in [0, 0.1) is 0 Å². The molecular weight excluding hydrogens is 550 g/mol. The summed E-state index contributed by atoms with van der Waals surface area (Å²) in [4.78, 5) is 14.4. The van der Waals surface area contributed by atoms with Gasteiger partial charge in [0.25, 0.3) is 0 Å². The van der Waals surface area contributed by atoms with Crippen molar-refractivity contribution in [3.63, 3.8) is 0 Å². The Morgan fingerprint density at radius 1 is 0.357 bits per heavy atom. The first kappa shape index (κ1) is 27.8. The van der Waals surface area contributed by atoms with Crippen molar-refractivity contribution in [1.29, 1.82) is 0 Å². The molecule has 0 atom stereocenters. The fourth-order valence-corrected chi connectivity index (χ4v) is 18.7. The Labute approximate surface area is 249 Å². The third-order valence-electron chi connectivity index (χ3n) is 7.93. The summed E-state index contributed by atoms with van der Waals surface area (Å²) in [5, 5.41) is 19.6. The lowest BCUT2D eigenvalue weighted by molar-refractivity contribution is -0.302. The molecule has 0 fully saturated rings. The highest BCUT2D eigenvalue weighted by molar-refractivity contribution is 8.12. The minimum Gasteiger partial charge on any atom is -0.542 e. The number of carbonyl (C=O) groups excluding carboxylic acids is 1. The molecule has 6 aromatic carbocycles. The van der Waals surface area contributed by atoms with E-state index in [9.17, 15) is 9.90 Å². The van der Waals surface area contributed by atoms with Crippen LogP contribution >= 0.6 is 14.5 Å². The first-order chi connectivity index (χ1) is 20.7. The van der Waals surface area contributed by atoms with E-state index in [1.807, 2.05) is 109 Å². The lowest BCUT2D eigenvalue weighted by atomic mass is 10.3. The molecule has 0 saturated heterocycles. The molecule has 0 aromatic heterocycles. The monoisotopic (exact) mass is 581 g/mol. The summed E-state index contributed by atoms with van der Waals surface area (Å²) in [6.45, 7) is 0. The van der Waals surface area contributed by atoms with Crippen LogP contribution < -0.4 is 36.9 Å². The minimum atomic E-state index is -2.95. The van der Waals surface area contributed by atoms with Crippen molar-refractivity contribution in [3.05, 3.63) is 182 Å². The fourth-order valence-electron chi connectivity index (χ4n) is 6.30. The summed E-state index contributed by atoms with van der Waals surface area (Å²) in [6, 6.07) is 61.6. The van der Waals surface area contributed by atoms with Gasteiger partial charge in [0.2, 0.25) is 5.40 Å². The molecule has 6 rings (SSSR count). The zero-order valence-corrected chi connectivity index (χ0v) is 24.9. The van der Waals surface area contributed by atoms with Gasteiger partial charge in [-0.3, -0.25) is 0 Å². The summed E-state index contributed by atoms with van der Waals surface area (Å²) in [7, 11) is -5.90. The van der Waals surface area contributed by atoms with Crippen LogP contribution in [0.3, 0.4) is 0 Å². The molecule has 0 radical (unpaired) electrons. The molecule has 0 amide bonds. The molecule has 0 N–H and O–H groups in total. The Kier molecular flexibility index (Phi) is 8.11. The van der Waals surface area contributed by atoms with Gasteiger partial charge in [-0.25, -0.2) is 0 Å². The van der Waals surface area contributed by atoms with Crippen molar-refractivity contribution in [1.82, 2.24) is 0 Å². The van der Waals surface area contributed by atoms with E-state index >= 15 is 0 Å². The molecule has 0 unspecified atom stereocenters. The van der Waals surface area contributed by atoms with Crippen molar-refractivity contribution in [2.24, 2.45) is 0 Å². The summed E-state index contributed by atoms with van der Waals surface area (Å²) >= 11 is 0. The highest BCUT2D eigenvalue weighted by atomic mass is 31.2. The molecule has 6 aromatic rings. The highest BCUT2D eigenvalue weighted by Gasteiger charge is 2.69. The molecule has 0 spiro atoms. The zero-order chi connectivity index (χ0) is 28.8. The van der Waals surface area contributed by atoms with Crippen molar-refractivity contribution in [2.45, 2.75) is 5.40 Å². The Balaban J connectivity index is 1.88. The number of carboxylic acids is 1. The van der Waals surface area contributed by atoms with Gasteiger partial charge in [-0.05, 0) is 72.8 Å². The largest absolute Gasteiger partial charge is 0.542 e. The number of carboxylic acid groups (broad SMARTS) is 1. The Morgan fingerprint density at radius 2 is 0.524 bits per heavy atom. The van der Waals surface area contributed by atoms with Crippen LogP contribution in [-0.2, 0) is 4.79 Å². The van der Waals surface area contributed by atoms with E-state index in [-0.39, 0.29) is 0 Å². The molecule has 0 aliphatic rings. The zero-order valence-electron chi connectivity index (χ0n) is 23.1. The summed E-state index contributed by atoms with van der Waals surface area (Å²) in [5.41, 5.74) is 0. The third kappa shape index (κ3) is 4.68. The van der Waals surface area contributed by atoms with Crippen LogP contribution in [0.5, 0.6) is 0 Å². The Bertz CT molecular complexity index is 1410. The average molecular weight is 582 g/mol. The van der Waals surface area contributed by atoms with E-state index in [0.29, 0.717) is 0 Å². The second-order valence-corrected chi connectivity index (χ2v) is 17.6. The van der Waals surface area contributed by atoms with Crippen LogP contribution in [0.25, 0.3) is 0 Å². The predicted molar refractivity (Wildman–Crippen MR) is 179 cm³/mol. The smallest absolute Gasteiger partial charge is 0.235 e. The van der Waals surface area contributed by atoms with Crippen LogP contribution in [0.15, 0.2) is 182 Å². The molecule has 0 aliphatic heterocycles. The molecule has 0 aliphatic carbocycles. The van der Waals surface area contributed by atoms with Crippen LogP contribution in [-0.4, -0.2) is 11.4 Å². The molecule has 4 heteroatoms. The van der Waals surface area contributed by atoms with E-state index in [1.54, 1.807) is 0 Å². The normalized spacial score (nSPS) is 11.7. The number of rotatable bonds is 9. The number of carbonyl (C=O) groups is 1. The Hall–Kier alpha value is -4.35. The SMILES string of the molecule is O=C([O-])C([P+](c1ccccc1)(c1ccccc1)c1ccccc1)[P+](c1ccccc1)(c1ccccc1)c1ccccc1. The van der Waals surface area contributed by atoms with E-state index < -0.39 is 25.9 Å². The van der Waals surface area contributed by atoms with Crippen LogP contribution in [0.2, 0.25) is 0 Å². The third-order valence-corrected chi connectivity index (χ3v) is 18.6. The topological polar surface area (TPSA) is 40.1 Å². The van der Waals surface area contributed by atoms with Crippen LogP contribution in [0.1, 0.15) is 0 Å². The van der Waals surface area contributed by atoms with Gasteiger partial charge < -0.3 is 9.90 Å². The molecule has 0 saturated carbocycles. The first-order valence-electron chi connectivity index (χ1n) is 14.0. The molecule has 0 bridgehead atoms. The first-order valence-corrected chi connectivity index (χ1v) is 17.7. The second-order valence-electron chi connectivity index (χ2n) is 10.2. The van der Waals surface area contributed by atoms with E-state index in [1.165, 1.54) is 0 Å². The van der Waals surface area contributed by atoms with Gasteiger partial charge in [0.05, 0.1) is 0 Å². The van der Waals surface area contributed by atoms with Gasteiger partial charge >= 0.3 is 0 Å². The van der Waals surface area contributed by atoms with E-state index in [4.69, 9.17) is 0 Å². The van der Waals surface area contributed by atoms with Gasteiger partial charge in [-0.15, -0.1) is 0 Å². The van der Waals surface area contributed by atoms with Crippen molar-refractivity contribution < 1.29 is 9.90 Å². The van der Waals surface area contributed by atoms with Gasteiger partial charge in [0.15, 0.2) is 14.5 Å². The van der Waals surface area contributed by atoms with Crippen molar-refractivity contribution in [2.75, 3.05) is 0 Å². The van der Waals surface area contributed by atoms with Gasteiger partial charge in [-0.2, -0.15) is 0 Å². The maximum absolute atomic E-state index is 14.4. The molecule has 0 heterocycles. The van der Waals surface area contributed by atoms with E-state index in [2.05, 4.69) is 72.8 Å². The summed E-state index contributed by atoms with van der Waals surface area (Å²) < 4.78 is 0. The fraction of sp³-hybridized carbons (Fsp3) is 0.0263. The van der Waals surface area contributed by atoms with E-state index in [0.717, 1.165) is 31.8 Å². The molecule has 204 valence electrons. The van der Waals surface area contributed by atoms with Crippen LogP contribution in [0.4, 0.5) is 0 Å². The number of hydrogen-bond acceptors (Lipinski definition) is 2. The number of benzene rings is 6. The van der Waals surface area contributed by atoms with Gasteiger partial charge in [0, 0.05) is 0 Å². The maximum atomic E-state index is 14.4. The molecule has 2 nitrogen and oxygen atoms in total. The number of aliphatic carboxylic acids is 1. The quantitative estimate of drug-likeness (QED) is 0.224.